The molecule has 21 heavy (non-hydrogen) atoms. The fraction of sp³-hybridized carbons (Fsp3) is 1.00. The summed E-state index contributed by atoms with van der Waals surface area (Å²) in [6, 6.07) is 0. The van der Waals surface area contributed by atoms with Crippen LogP contribution in [0.15, 0.2) is 0 Å². The highest BCUT2D eigenvalue weighted by atomic mass is 32.2. The summed E-state index contributed by atoms with van der Waals surface area (Å²) in [4.78, 5) is 0. The van der Waals surface area contributed by atoms with Gasteiger partial charge in [0.15, 0.2) is 0 Å². The average Bonchev–Trinajstić information content (AvgIpc) is 2.48. The minimum absolute atomic E-state index is 0.255. The summed E-state index contributed by atoms with van der Waals surface area (Å²) >= 11 is 0. The number of aliphatic hydroxyl groups excluding tert-OH is 2. The fourth-order valence-electron chi connectivity index (χ4n) is 1.94. The lowest BCUT2D eigenvalue weighted by Gasteiger charge is -2.20. The molecule has 1 rings (SSSR count). The van der Waals surface area contributed by atoms with E-state index in [4.69, 9.17) is 19.3 Å². The summed E-state index contributed by atoms with van der Waals surface area (Å²) in [5.74, 6) is 0.727. The quantitative estimate of drug-likeness (QED) is 0.407. The number of rotatable bonds is 2. The van der Waals surface area contributed by atoms with E-state index in [1.807, 2.05) is 0 Å². The standard InChI is InChI=1S/C9H18O2.2CH4O3S/c10-6-8-4-2-1-3-5-9(8)7-11;2*1-5(2,3)4/h8-11H,1-7H2;2*1H3,(H,2,3,4)/t8-,9-;;/m0../s1. The van der Waals surface area contributed by atoms with Crippen LogP contribution in [0.25, 0.3) is 0 Å². The molecule has 0 aromatic heterocycles. The van der Waals surface area contributed by atoms with E-state index in [-0.39, 0.29) is 13.2 Å². The van der Waals surface area contributed by atoms with Crippen molar-refractivity contribution in [2.45, 2.75) is 32.1 Å². The summed E-state index contributed by atoms with van der Waals surface area (Å²) in [6.07, 6.45) is 7.35. The Labute approximate surface area is 126 Å². The smallest absolute Gasteiger partial charge is 0.261 e. The zero-order valence-electron chi connectivity index (χ0n) is 12.3. The summed E-state index contributed by atoms with van der Waals surface area (Å²) < 4.78 is 51.7. The molecule has 1 fully saturated rings. The van der Waals surface area contributed by atoms with Gasteiger partial charge in [0.1, 0.15) is 0 Å². The van der Waals surface area contributed by atoms with E-state index in [9.17, 15) is 16.8 Å². The second-order valence-electron chi connectivity index (χ2n) is 4.99. The van der Waals surface area contributed by atoms with Gasteiger partial charge >= 0.3 is 0 Å². The van der Waals surface area contributed by atoms with E-state index < -0.39 is 20.2 Å². The second-order valence-corrected chi connectivity index (χ2v) is 7.92. The van der Waals surface area contributed by atoms with Gasteiger partial charge < -0.3 is 10.2 Å². The zero-order valence-corrected chi connectivity index (χ0v) is 14.0. The van der Waals surface area contributed by atoms with Gasteiger partial charge in [-0.1, -0.05) is 19.3 Å². The van der Waals surface area contributed by atoms with Crippen LogP contribution in [0.3, 0.4) is 0 Å². The summed E-state index contributed by atoms with van der Waals surface area (Å²) in [5, 5.41) is 18.0. The first-order valence-corrected chi connectivity index (χ1v) is 10.1. The van der Waals surface area contributed by atoms with Crippen LogP contribution < -0.4 is 0 Å². The van der Waals surface area contributed by atoms with Gasteiger partial charge in [0, 0.05) is 13.2 Å². The molecule has 0 bridgehead atoms. The van der Waals surface area contributed by atoms with Crippen LogP contribution in [0, 0.1) is 11.8 Å². The first-order valence-electron chi connectivity index (χ1n) is 6.45. The highest BCUT2D eigenvalue weighted by molar-refractivity contribution is 7.85. The zero-order chi connectivity index (χ0) is 17.1. The Bertz CT molecular complexity index is 385. The van der Waals surface area contributed by atoms with Crippen molar-refractivity contribution in [2.75, 3.05) is 25.7 Å². The number of aliphatic hydroxyl groups is 2. The molecule has 0 unspecified atom stereocenters. The topological polar surface area (TPSA) is 149 Å². The monoisotopic (exact) mass is 350 g/mol. The van der Waals surface area contributed by atoms with Gasteiger partial charge in [-0.15, -0.1) is 0 Å². The number of hydrogen-bond donors (Lipinski definition) is 4. The number of hydrogen-bond acceptors (Lipinski definition) is 6. The third-order valence-corrected chi connectivity index (χ3v) is 2.79. The molecule has 0 amide bonds. The third kappa shape index (κ3) is 25.1. The van der Waals surface area contributed by atoms with Crippen LogP contribution in [0.2, 0.25) is 0 Å². The average molecular weight is 350 g/mol. The van der Waals surface area contributed by atoms with E-state index in [1.165, 1.54) is 19.3 Å². The van der Waals surface area contributed by atoms with Crippen molar-refractivity contribution >= 4 is 20.2 Å². The lowest BCUT2D eigenvalue weighted by Crippen LogP contribution is -2.20. The molecule has 0 aromatic carbocycles. The van der Waals surface area contributed by atoms with E-state index in [0.29, 0.717) is 24.3 Å². The van der Waals surface area contributed by atoms with Crippen LogP contribution in [0.4, 0.5) is 0 Å². The molecule has 0 spiro atoms. The van der Waals surface area contributed by atoms with Crippen molar-refractivity contribution in [1.82, 2.24) is 0 Å². The van der Waals surface area contributed by atoms with Gasteiger partial charge in [-0.05, 0) is 24.7 Å². The molecule has 0 aliphatic heterocycles. The minimum Gasteiger partial charge on any atom is -0.396 e. The molecule has 2 atom stereocenters. The molecule has 1 saturated carbocycles. The van der Waals surface area contributed by atoms with Crippen LogP contribution in [0.1, 0.15) is 32.1 Å². The van der Waals surface area contributed by atoms with Gasteiger partial charge in [-0.25, -0.2) is 0 Å². The Morgan fingerprint density at radius 2 is 1.00 bits per heavy atom. The third-order valence-electron chi connectivity index (χ3n) is 2.79. The van der Waals surface area contributed by atoms with Crippen LogP contribution >= 0.6 is 0 Å². The molecular weight excluding hydrogens is 324 g/mol. The first kappa shape index (κ1) is 23.0. The summed E-state index contributed by atoms with van der Waals surface area (Å²) in [5.41, 5.74) is 0. The molecule has 1 aliphatic carbocycles. The van der Waals surface area contributed by atoms with Gasteiger partial charge in [0.05, 0.1) is 12.5 Å². The van der Waals surface area contributed by atoms with Crippen LogP contribution in [-0.4, -0.2) is 61.9 Å². The molecule has 0 radical (unpaired) electrons. The molecule has 0 saturated heterocycles. The second kappa shape index (κ2) is 11.3. The molecule has 0 aromatic rings. The molecule has 10 heteroatoms. The largest absolute Gasteiger partial charge is 0.396 e. The lowest BCUT2D eigenvalue weighted by atomic mass is 9.89. The summed E-state index contributed by atoms with van der Waals surface area (Å²) in [6.45, 7) is 0.510. The van der Waals surface area contributed by atoms with Gasteiger partial charge in [0.25, 0.3) is 20.2 Å². The Hall–Kier alpha value is -0.260. The van der Waals surface area contributed by atoms with Crippen molar-refractivity contribution in [3.63, 3.8) is 0 Å². The van der Waals surface area contributed by atoms with Crippen molar-refractivity contribution in [2.24, 2.45) is 11.8 Å². The van der Waals surface area contributed by atoms with E-state index in [2.05, 4.69) is 0 Å². The maximum Gasteiger partial charge on any atom is 0.261 e. The van der Waals surface area contributed by atoms with Crippen molar-refractivity contribution in [1.29, 1.82) is 0 Å². The lowest BCUT2D eigenvalue weighted by molar-refractivity contribution is 0.114. The van der Waals surface area contributed by atoms with Crippen molar-refractivity contribution in [3.05, 3.63) is 0 Å². The Morgan fingerprint density at radius 3 is 1.19 bits per heavy atom. The molecule has 4 N–H and O–H groups in total. The van der Waals surface area contributed by atoms with Gasteiger partial charge in [-0.2, -0.15) is 16.8 Å². The fourth-order valence-corrected chi connectivity index (χ4v) is 1.94. The van der Waals surface area contributed by atoms with Crippen molar-refractivity contribution in [3.8, 4) is 0 Å². The highest BCUT2D eigenvalue weighted by Gasteiger charge is 2.21. The van der Waals surface area contributed by atoms with E-state index in [0.717, 1.165) is 12.8 Å². The SMILES string of the molecule is CS(=O)(=O)O.CS(=O)(=O)O.OC[C@@H]1CCCCC[C@H]1CO. The van der Waals surface area contributed by atoms with Crippen LogP contribution in [0.5, 0.6) is 0 Å². The highest BCUT2D eigenvalue weighted by Crippen LogP contribution is 2.27. The van der Waals surface area contributed by atoms with Crippen LogP contribution in [-0.2, 0) is 20.2 Å². The van der Waals surface area contributed by atoms with E-state index in [1.54, 1.807) is 0 Å². The van der Waals surface area contributed by atoms with E-state index >= 15 is 0 Å². The molecule has 8 nitrogen and oxygen atoms in total. The predicted octanol–water partition coefficient (Wildman–Crippen LogP) is 0.176. The predicted molar refractivity (Wildman–Crippen MR) is 79.2 cm³/mol. The molecule has 130 valence electrons. The van der Waals surface area contributed by atoms with Crippen molar-refractivity contribution < 1.29 is 36.2 Å². The van der Waals surface area contributed by atoms with Gasteiger partial charge in [-0.3, -0.25) is 9.11 Å². The maximum atomic E-state index is 9.19. The molecular formula is C11H26O8S2. The maximum absolute atomic E-state index is 9.19. The van der Waals surface area contributed by atoms with Gasteiger partial charge in [0.2, 0.25) is 0 Å². The molecule has 1 aliphatic rings. The Balaban J connectivity index is 0. The molecule has 0 heterocycles. The Morgan fingerprint density at radius 1 is 0.762 bits per heavy atom. The normalized spacial score (nSPS) is 23.0. The summed E-state index contributed by atoms with van der Waals surface area (Å²) in [7, 11) is -7.33. The Kier molecular flexibility index (Phi) is 12.4. The first-order chi connectivity index (χ1) is 9.38. The minimum atomic E-state index is -3.67.